The van der Waals surface area contributed by atoms with Crippen molar-refractivity contribution < 1.29 is 8.42 Å². The third kappa shape index (κ3) is 4.59. The molecule has 0 saturated carbocycles. The summed E-state index contributed by atoms with van der Waals surface area (Å²) in [5.74, 6) is -0.123. The molecule has 1 aromatic rings. The van der Waals surface area contributed by atoms with E-state index in [-0.39, 0.29) is 11.8 Å². The Labute approximate surface area is 94.7 Å². The van der Waals surface area contributed by atoms with E-state index in [9.17, 15) is 8.42 Å². The third-order valence-corrected chi connectivity index (χ3v) is 3.27. The van der Waals surface area contributed by atoms with Crippen LogP contribution in [0.3, 0.4) is 0 Å². The van der Waals surface area contributed by atoms with Crippen LogP contribution < -0.4 is 4.72 Å². The number of nitrogens with one attached hydrogen (secondary N) is 1. The molecule has 0 aliphatic carbocycles. The van der Waals surface area contributed by atoms with Gasteiger partial charge in [0.2, 0.25) is 10.0 Å². The second-order valence-electron chi connectivity index (χ2n) is 3.50. The van der Waals surface area contributed by atoms with Crippen molar-refractivity contribution in [3.8, 4) is 0 Å². The fraction of sp³-hybridized carbons (Fsp3) is 0.444. The van der Waals surface area contributed by atoms with E-state index in [1.54, 1.807) is 26.0 Å². The molecule has 84 valence electrons. The van der Waals surface area contributed by atoms with Crippen molar-refractivity contribution in [1.82, 2.24) is 9.71 Å². The van der Waals surface area contributed by atoms with Gasteiger partial charge in [-0.25, -0.2) is 13.1 Å². The lowest BCUT2D eigenvalue weighted by molar-refractivity contribution is 0.568. The van der Waals surface area contributed by atoms with Gasteiger partial charge in [-0.05, 0) is 26.0 Å². The molecule has 15 heavy (non-hydrogen) atoms. The van der Waals surface area contributed by atoms with Crippen LogP contribution >= 0.6 is 11.6 Å². The highest BCUT2D eigenvalue weighted by Gasteiger charge is 2.13. The van der Waals surface area contributed by atoms with E-state index in [2.05, 4.69) is 9.71 Å². The SMILES string of the molecule is CC(C)NS(=O)(=O)Cc1ccc(Cl)cn1. The van der Waals surface area contributed by atoms with E-state index < -0.39 is 10.0 Å². The number of nitrogens with zero attached hydrogens (tertiary/aromatic N) is 1. The maximum Gasteiger partial charge on any atom is 0.217 e. The van der Waals surface area contributed by atoms with Crippen molar-refractivity contribution >= 4 is 21.6 Å². The van der Waals surface area contributed by atoms with Gasteiger partial charge in [0.1, 0.15) is 5.75 Å². The maximum atomic E-state index is 11.5. The van der Waals surface area contributed by atoms with E-state index >= 15 is 0 Å². The summed E-state index contributed by atoms with van der Waals surface area (Å²) < 4.78 is 25.5. The van der Waals surface area contributed by atoms with Gasteiger partial charge >= 0.3 is 0 Å². The highest BCUT2D eigenvalue weighted by atomic mass is 35.5. The van der Waals surface area contributed by atoms with Crippen molar-refractivity contribution in [3.05, 3.63) is 29.0 Å². The molecule has 1 aromatic heterocycles. The summed E-state index contributed by atoms with van der Waals surface area (Å²) in [4.78, 5) is 3.92. The summed E-state index contributed by atoms with van der Waals surface area (Å²) in [5.41, 5.74) is 0.479. The molecule has 0 bridgehead atoms. The Morgan fingerprint density at radius 2 is 2.13 bits per heavy atom. The molecule has 0 aliphatic heterocycles. The van der Waals surface area contributed by atoms with Crippen molar-refractivity contribution in [1.29, 1.82) is 0 Å². The molecule has 0 atom stereocenters. The minimum Gasteiger partial charge on any atom is -0.259 e. The van der Waals surface area contributed by atoms with Crippen molar-refractivity contribution in [2.45, 2.75) is 25.6 Å². The lowest BCUT2D eigenvalue weighted by atomic mass is 10.4. The number of halogens is 1. The Hall–Kier alpha value is -0.650. The van der Waals surface area contributed by atoms with E-state index in [1.165, 1.54) is 6.20 Å². The van der Waals surface area contributed by atoms with Gasteiger partial charge in [0.15, 0.2) is 0 Å². The summed E-state index contributed by atoms with van der Waals surface area (Å²) in [6, 6.07) is 3.11. The van der Waals surface area contributed by atoms with Gasteiger partial charge in [-0.3, -0.25) is 4.98 Å². The van der Waals surface area contributed by atoms with Crippen LogP contribution in [0.2, 0.25) is 5.02 Å². The van der Waals surface area contributed by atoms with Gasteiger partial charge in [-0.2, -0.15) is 0 Å². The van der Waals surface area contributed by atoms with Crippen LogP contribution in [0.4, 0.5) is 0 Å². The van der Waals surface area contributed by atoms with Crippen molar-refractivity contribution in [2.24, 2.45) is 0 Å². The molecule has 1 rings (SSSR count). The summed E-state index contributed by atoms with van der Waals surface area (Å²) in [7, 11) is -3.30. The number of rotatable bonds is 4. The summed E-state index contributed by atoms with van der Waals surface area (Å²) in [6.07, 6.45) is 1.43. The topological polar surface area (TPSA) is 59.1 Å². The van der Waals surface area contributed by atoms with Gasteiger partial charge in [0, 0.05) is 12.2 Å². The van der Waals surface area contributed by atoms with Gasteiger partial charge in [0.25, 0.3) is 0 Å². The zero-order valence-electron chi connectivity index (χ0n) is 8.57. The number of pyridine rings is 1. The average Bonchev–Trinajstić information content (AvgIpc) is 2.06. The summed E-state index contributed by atoms with van der Waals surface area (Å²) in [5, 5.41) is 0.493. The fourth-order valence-corrected chi connectivity index (χ4v) is 2.56. The van der Waals surface area contributed by atoms with Crippen molar-refractivity contribution in [2.75, 3.05) is 0 Å². The molecular weight excluding hydrogens is 236 g/mol. The predicted octanol–water partition coefficient (Wildman–Crippen LogP) is 1.56. The largest absolute Gasteiger partial charge is 0.259 e. The number of hydrogen-bond acceptors (Lipinski definition) is 3. The van der Waals surface area contributed by atoms with E-state index in [0.717, 1.165) is 0 Å². The molecule has 1 heterocycles. The van der Waals surface area contributed by atoms with Crippen LogP contribution in [0.15, 0.2) is 18.3 Å². The Bertz CT molecular complexity index is 414. The fourth-order valence-electron chi connectivity index (χ4n) is 1.09. The summed E-state index contributed by atoms with van der Waals surface area (Å²) >= 11 is 5.64. The zero-order chi connectivity index (χ0) is 11.5. The first kappa shape index (κ1) is 12.4. The van der Waals surface area contributed by atoms with E-state index in [0.29, 0.717) is 10.7 Å². The molecule has 1 N–H and O–H groups in total. The molecule has 4 nitrogen and oxygen atoms in total. The van der Waals surface area contributed by atoms with E-state index in [4.69, 9.17) is 11.6 Å². The standard InChI is InChI=1S/C9H13ClN2O2S/c1-7(2)12-15(13,14)6-9-4-3-8(10)5-11-9/h3-5,7,12H,6H2,1-2H3. The van der Waals surface area contributed by atoms with Gasteiger partial charge in [-0.1, -0.05) is 11.6 Å². The molecule has 0 saturated heterocycles. The van der Waals surface area contributed by atoms with Gasteiger partial charge in [-0.15, -0.1) is 0 Å². The van der Waals surface area contributed by atoms with Crippen LogP contribution in [0.5, 0.6) is 0 Å². The summed E-state index contributed by atoms with van der Waals surface area (Å²) in [6.45, 7) is 3.54. The molecule has 0 aliphatic rings. The number of hydrogen-bond donors (Lipinski definition) is 1. The minimum atomic E-state index is -3.30. The Morgan fingerprint density at radius 1 is 1.47 bits per heavy atom. The predicted molar refractivity (Wildman–Crippen MR) is 60.1 cm³/mol. The first-order valence-electron chi connectivity index (χ1n) is 4.49. The van der Waals surface area contributed by atoms with Gasteiger partial charge < -0.3 is 0 Å². The maximum absolute atomic E-state index is 11.5. The third-order valence-electron chi connectivity index (χ3n) is 1.54. The average molecular weight is 249 g/mol. The smallest absolute Gasteiger partial charge is 0.217 e. The van der Waals surface area contributed by atoms with Crippen LogP contribution in [0.25, 0.3) is 0 Å². The highest BCUT2D eigenvalue weighted by molar-refractivity contribution is 7.88. The quantitative estimate of drug-likeness (QED) is 0.880. The van der Waals surface area contributed by atoms with Crippen LogP contribution in [0, 0.1) is 0 Å². The Morgan fingerprint density at radius 3 is 2.60 bits per heavy atom. The number of aromatic nitrogens is 1. The molecule has 0 spiro atoms. The highest BCUT2D eigenvalue weighted by Crippen LogP contribution is 2.08. The van der Waals surface area contributed by atoms with Gasteiger partial charge in [0.05, 0.1) is 10.7 Å². The zero-order valence-corrected chi connectivity index (χ0v) is 10.1. The molecule has 0 amide bonds. The molecule has 0 unspecified atom stereocenters. The first-order valence-corrected chi connectivity index (χ1v) is 6.52. The Kier molecular flexibility index (Phi) is 4.07. The van der Waals surface area contributed by atoms with E-state index in [1.807, 2.05) is 0 Å². The number of sulfonamides is 1. The van der Waals surface area contributed by atoms with Crippen LogP contribution in [-0.2, 0) is 15.8 Å². The molecule has 0 aromatic carbocycles. The molecular formula is C9H13ClN2O2S. The van der Waals surface area contributed by atoms with Crippen molar-refractivity contribution in [3.63, 3.8) is 0 Å². The lowest BCUT2D eigenvalue weighted by Gasteiger charge is -2.08. The Balaban J connectivity index is 2.73. The lowest BCUT2D eigenvalue weighted by Crippen LogP contribution is -2.31. The monoisotopic (exact) mass is 248 g/mol. The van der Waals surface area contributed by atoms with Crippen LogP contribution in [0.1, 0.15) is 19.5 Å². The molecule has 0 fully saturated rings. The minimum absolute atomic E-state index is 0.109. The first-order chi connectivity index (χ1) is 6.89. The second kappa shape index (κ2) is 4.92. The molecule has 6 heteroatoms. The second-order valence-corrected chi connectivity index (χ2v) is 5.69. The normalized spacial score (nSPS) is 12.0. The van der Waals surface area contributed by atoms with Crippen LogP contribution in [-0.4, -0.2) is 19.4 Å². The molecule has 0 radical (unpaired) electrons.